The van der Waals surface area contributed by atoms with Crippen LogP contribution < -0.4 is 16.2 Å². The zero-order valence-electron chi connectivity index (χ0n) is 15.3. The average Bonchev–Trinajstić information content (AvgIpc) is 3.20. The number of nitrogens with zero attached hydrogens (tertiary/aromatic N) is 2. The summed E-state index contributed by atoms with van der Waals surface area (Å²) < 4.78 is 0. The molecule has 1 aromatic carbocycles. The Hall–Kier alpha value is -2.51. The van der Waals surface area contributed by atoms with Gasteiger partial charge in [0.2, 0.25) is 5.91 Å². The number of hydrogen-bond donors (Lipinski definition) is 3. The van der Waals surface area contributed by atoms with E-state index in [2.05, 4.69) is 49.8 Å². The average molecular weight is 367 g/mol. The van der Waals surface area contributed by atoms with Crippen LogP contribution in [0, 0.1) is 11.3 Å². The monoisotopic (exact) mass is 367 g/mol. The third-order valence-electron chi connectivity index (χ3n) is 5.70. The first kappa shape index (κ1) is 17.9. The van der Waals surface area contributed by atoms with Gasteiger partial charge >= 0.3 is 0 Å². The molecule has 3 heterocycles. The van der Waals surface area contributed by atoms with Gasteiger partial charge < -0.3 is 15.6 Å². The molecule has 3 N–H and O–H groups in total. The molecule has 27 heavy (non-hydrogen) atoms. The molecule has 2 fully saturated rings. The number of likely N-dealkylation sites (tertiary alicyclic amines) is 1. The van der Waals surface area contributed by atoms with Crippen LogP contribution in [0.25, 0.3) is 0 Å². The minimum Gasteiger partial charge on any atom is -0.355 e. The third-order valence-corrected chi connectivity index (χ3v) is 5.70. The van der Waals surface area contributed by atoms with Crippen molar-refractivity contribution in [3.8, 4) is 0 Å². The van der Waals surface area contributed by atoms with Gasteiger partial charge in [0.1, 0.15) is 0 Å². The second-order valence-electron chi connectivity index (χ2n) is 7.55. The summed E-state index contributed by atoms with van der Waals surface area (Å²) in [4.78, 5) is 33.4. The minimum absolute atomic E-state index is 0.109. The Morgan fingerprint density at radius 1 is 1.33 bits per heavy atom. The highest BCUT2D eigenvalue weighted by atomic mass is 16.2. The minimum atomic E-state index is -0.365. The molecule has 2 saturated heterocycles. The third kappa shape index (κ3) is 3.79. The molecule has 1 aromatic heterocycles. The number of fused-ring (bicyclic) bond motifs is 1. The molecule has 7 heteroatoms. The van der Waals surface area contributed by atoms with Gasteiger partial charge in [0.15, 0.2) is 0 Å². The van der Waals surface area contributed by atoms with Gasteiger partial charge in [0.05, 0.1) is 11.7 Å². The van der Waals surface area contributed by atoms with E-state index in [0.717, 1.165) is 32.7 Å². The van der Waals surface area contributed by atoms with E-state index in [1.54, 1.807) is 0 Å². The number of aromatic amines is 1. The van der Waals surface area contributed by atoms with Crippen LogP contribution in [0.3, 0.4) is 0 Å². The summed E-state index contributed by atoms with van der Waals surface area (Å²) in [6.45, 7) is 4.68. The number of rotatable bonds is 6. The smallest absolute Gasteiger partial charge is 0.250 e. The lowest BCUT2D eigenvalue weighted by atomic mass is 9.80. The molecule has 142 valence electrons. The van der Waals surface area contributed by atoms with Crippen LogP contribution in [0.4, 0.5) is 0 Å². The van der Waals surface area contributed by atoms with E-state index in [9.17, 15) is 9.59 Å². The Balaban J connectivity index is 1.37. The summed E-state index contributed by atoms with van der Waals surface area (Å²) in [5.74, 6) is 0.441. The Morgan fingerprint density at radius 3 is 3.00 bits per heavy atom. The van der Waals surface area contributed by atoms with Gasteiger partial charge in [-0.3, -0.25) is 14.5 Å². The normalized spacial score (nSPS) is 24.7. The molecule has 0 radical (unpaired) electrons. The second-order valence-corrected chi connectivity index (χ2v) is 7.55. The molecule has 2 aromatic rings. The van der Waals surface area contributed by atoms with Crippen LogP contribution in [0.15, 0.2) is 47.5 Å². The van der Waals surface area contributed by atoms with Crippen molar-refractivity contribution in [3.05, 3.63) is 64.3 Å². The van der Waals surface area contributed by atoms with Gasteiger partial charge in [0, 0.05) is 63.4 Å². The van der Waals surface area contributed by atoms with E-state index in [1.165, 1.54) is 18.0 Å². The standard InChI is InChI=1S/C20H25N5O2/c26-18-8-17(23-14-24-18)6-7-22-19(27)20-12-21-9-16(20)11-25(13-20)10-15-4-2-1-3-5-15/h1-5,8,14,16,21H,6-7,9-13H2,(H,22,27)(H,23,24,26)/t16-,20-/m1/s1. The molecule has 0 aliphatic carbocycles. The highest BCUT2D eigenvalue weighted by molar-refractivity contribution is 5.84. The number of carbonyl (C=O) groups excluding carboxylic acids is 1. The van der Waals surface area contributed by atoms with Gasteiger partial charge in [-0.15, -0.1) is 0 Å². The molecule has 2 aliphatic rings. The van der Waals surface area contributed by atoms with Crippen LogP contribution in [0.1, 0.15) is 11.3 Å². The van der Waals surface area contributed by atoms with Gasteiger partial charge in [-0.05, 0) is 5.56 Å². The Bertz CT molecular complexity index is 853. The lowest BCUT2D eigenvalue weighted by Gasteiger charge is -2.27. The topological polar surface area (TPSA) is 90.1 Å². The maximum atomic E-state index is 13.0. The molecule has 0 spiro atoms. The van der Waals surface area contributed by atoms with Crippen molar-refractivity contribution in [2.24, 2.45) is 11.3 Å². The first-order valence-electron chi connectivity index (χ1n) is 9.45. The van der Waals surface area contributed by atoms with E-state index in [1.807, 2.05) is 6.07 Å². The lowest BCUT2D eigenvalue weighted by Crippen LogP contribution is -2.47. The predicted molar refractivity (Wildman–Crippen MR) is 102 cm³/mol. The summed E-state index contributed by atoms with van der Waals surface area (Å²) >= 11 is 0. The fourth-order valence-electron chi connectivity index (χ4n) is 4.33. The summed E-state index contributed by atoms with van der Waals surface area (Å²) in [5.41, 5.74) is 1.43. The number of aromatic nitrogens is 2. The Morgan fingerprint density at radius 2 is 2.19 bits per heavy atom. The van der Waals surface area contributed by atoms with Crippen molar-refractivity contribution in [1.82, 2.24) is 25.5 Å². The zero-order valence-corrected chi connectivity index (χ0v) is 15.3. The van der Waals surface area contributed by atoms with E-state index in [-0.39, 0.29) is 16.9 Å². The molecule has 0 unspecified atom stereocenters. The zero-order chi connectivity index (χ0) is 18.7. The van der Waals surface area contributed by atoms with Crippen molar-refractivity contribution in [1.29, 1.82) is 0 Å². The maximum absolute atomic E-state index is 13.0. The summed E-state index contributed by atoms with van der Waals surface area (Å²) in [6, 6.07) is 11.9. The number of carbonyl (C=O) groups is 1. The van der Waals surface area contributed by atoms with Crippen LogP contribution in [-0.2, 0) is 17.8 Å². The highest BCUT2D eigenvalue weighted by Crippen LogP contribution is 2.39. The van der Waals surface area contributed by atoms with Crippen LogP contribution in [0.5, 0.6) is 0 Å². The molecule has 1 amide bonds. The SMILES string of the molecule is O=C(NCCc1cc(=O)[nH]cn1)[C@@]12CNC[C@@H]1CN(Cc1ccccc1)C2. The number of nitrogens with one attached hydrogen (secondary N) is 3. The summed E-state index contributed by atoms with van der Waals surface area (Å²) in [6.07, 6.45) is 1.95. The molecule has 7 nitrogen and oxygen atoms in total. The van der Waals surface area contributed by atoms with Gasteiger partial charge in [-0.1, -0.05) is 30.3 Å². The molecule has 0 bridgehead atoms. The predicted octanol–water partition coefficient (Wildman–Crippen LogP) is 0.150. The number of H-pyrrole nitrogens is 1. The quantitative estimate of drug-likeness (QED) is 0.676. The first-order chi connectivity index (χ1) is 13.2. The van der Waals surface area contributed by atoms with Crippen molar-refractivity contribution >= 4 is 5.91 Å². The van der Waals surface area contributed by atoms with Crippen LogP contribution >= 0.6 is 0 Å². The molecule has 4 rings (SSSR count). The van der Waals surface area contributed by atoms with Crippen molar-refractivity contribution in [2.45, 2.75) is 13.0 Å². The maximum Gasteiger partial charge on any atom is 0.250 e. The first-order valence-corrected chi connectivity index (χ1v) is 9.45. The van der Waals surface area contributed by atoms with Gasteiger partial charge in [-0.2, -0.15) is 0 Å². The van der Waals surface area contributed by atoms with Gasteiger partial charge in [-0.25, -0.2) is 4.98 Å². The Kier molecular flexibility index (Phi) is 5.05. The number of amides is 1. The van der Waals surface area contributed by atoms with Crippen molar-refractivity contribution in [2.75, 3.05) is 32.7 Å². The van der Waals surface area contributed by atoms with Crippen LogP contribution in [-0.4, -0.2) is 53.5 Å². The van der Waals surface area contributed by atoms with E-state index in [0.29, 0.717) is 24.6 Å². The molecule has 2 aliphatic heterocycles. The molecule has 2 atom stereocenters. The van der Waals surface area contributed by atoms with Crippen molar-refractivity contribution < 1.29 is 4.79 Å². The molecule has 0 saturated carbocycles. The second kappa shape index (κ2) is 7.62. The highest BCUT2D eigenvalue weighted by Gasteiger charge is 2.54. The fourth-order valence-corrected chi connectivity index (χ4v) is 4.33. The summed E-state index contributed by atoms with van der Waals surface area (Å²) in [7, 11) is 0. The summed E-state index contributed by atoms with van der Waals surface area (Å²) in [5, 5.41) is 6.48. The van der Waals surface area contributed by atoms with Crippen molar-refractivity contribution in [3.63, 3.8) is 0 Å². The van der Waals surface area contributed by atoms with E-state index in [4.69, 9.17) is 0 Å². The largest absolute Gasteiger partial charge is 0.355 e. The Labute approximate surface area is 158 Å². The van der Waals surface area contributed by atoms with E-state index < -0.39 is 0 Å². The number of hydrogen-bond acceptors (Lipinski definition) is 5. The number of benzene rings is 1. The molecular weight excluding hydrogens is 342 g/mol. The molecular formula is C20H25N5O2. The van der Waals surface area contributed by atoms with E-state index >= 15 is 0 Å². The fraction of sp³-hybridized carbons (Fsp3) is 0.450. The van der Waals surface area contributed by atoms with Crippen LogP contribution in [0.2, 0.25) is 0 Å². The lowest BCUT2D eigenvalue weighted by molar-refractivity contribution is -0.130. The van der Waals surface area contributed by atoms with Gasteiger partial charge in [0.25, 0.3) is 5.56 Å².